The number of para-hydroxylation sites is 1. The molecular weight excluding hydrogens is 356 g/mol. The zero-order valence-electron chi connectivity index (χ0n) is 14.4. The maximum atomic E-state index is 13.1. The molecule has 0 spiro atoms. The molecule has 8 heteroatoms. The van der Waals surface area contributed by atoms with Crippen LogP contribution in [-0.4, -0.2) is 50.1 Å². The average Bonchev–Trinajstić information content (AvgIpc) is 3.12. The number of aromatic nitrogens is 1. The fraction of sp³-hybridized carbons (Fsp3) is 0.389. The van der Waals surface area contributed by atoms with E-state index in [-0.39, 0.29) is 11.0 Å². The Bertz CT molecular complexity index is 898. The van der Waals surface area contributed by atoms with Crippen LogP contribution >= 0.6 is 0 Å². The number of aryl methyl sites for hydroxylation is 1. The fourth-order valence-electron chi connectivity index (χ4n) is 3.12. The third kappa shape index (κ3) is 3.22. The van der Waals surface area contributed by atoms with Gasteiger partial charge in [-0.05, 0) is 37.6 Å². The smallest absolute Gasteiger partial charge is 0.247 e. The van der Waals surface area contributed by atoms with Gasteiger partial charge in [0.05, 0.1) is 12.7 Å². The van der Waals surface area contributed by atoms with Crippen LogP contribution in [0.15, 0.2) is 41.4 Å². The van der Waals surface area contributed by atoms with Gasteiger partial charge >= 0.3 is 0 Å². The van der Waals surface area contributed by atoms with E-state index in [1.165, 1.54) is 4.31 Å². The van der Waals surface area contributed by atoms with Crippen molar-refractivity contribution in [1.29, 1.82) is 0 Å². The number of hydrogen-bond donors (Lipinski definition) is 0. The van der Waals surface area contributed by atoms with Gasteiger partial charge in [0.25, 0.3) is 0 Å². The van der Waals surface area contributed by atoms with Gasteiger partial charge in [-0.2, -0.15) is 4.31 Å². The first-order valence-corrected chi connectivity index (χ1v) is 9.96. The molecule has 26 heavy (non-hydrogen) atoms. The van der Waals surface area contributed by atoms with Crippen LogP contribution < -0.4 is 14.2 Å². The number of benzene rings is 1. The fourth-order valence-corrected chi connectivity index (χ4v) is 4.75. The molecule has 0 saturated carbocycles. The second-order valence-electron chi connectivity index (χ2n) is 6.31. The minimum absolute atomic E-state index is 0.146. The molecule has 1 aromatic carbocycles. The van der Waals surface area contributed by atoms with E-state index in [0.29, 0.717) is 50.0 Å². The Hall–Kier alpha value is -2.32. The van der Waals surface area contributed by atoms with E-state index in [4.69, 9.17) is 14.2 Å². The van der Waals surface area contributed by atoms with Gasteiger partial charge in [-0.25, -0.2) is 8.42 Å². The minimum atomic E-state index is -3.68. The van der Waals surface area contributed by atoms with Crippen molar-refractivity contribution in [3.05, 3.63) is 42.2 Å². The molecule has 0 bridgehead atoms. The number of nitrogens with zero attached hydrogens (tertiary/aromatic N) is 2. The second kappa shape index (κ2) is 6.77. The van der Waals surface area contributed by atoms with Crippen molar-refractivity contribution < 1.29 is 22.6 Å². The normalized spacial score (nSPS) is 20.1. The number of ether oxygens (including phenoxy) is 3. The quantitative estimate of drug-likeness (QED) is 0.812. The highest BCUT2D eigenvalue weighted by atomic mass is 32.2. The first kappa shape index (κ1) is 17.1. The monoisotopic (exact) mass is 376 g/mol. The Morgan fingerprint density at radius 3 is 2.85 bits per heavy atom. The average molecular weight is 376 g/mol. The summed E-state index contributed by atoms with van der Waals surface area (Å²) in [6, 6.07) is 8.65. The molecular formula is C18H20N2O5S. The summed E-state index contributed by atoms with van der Waals surface area (Å²) in [4.78, 5) is 4.34. The van der Waals surface area contributed by atoms with E-state index < -0.39 is 10.0 Å². The molecule has 2 aliphatic rings. The maximum absolute atomic E-state index is 13.1. The molecule has 1 aromatic heterocycles. The summed E-state index contributed by atoms with van der Waals surface area (Å²) >= 11 is 0. The molecule has 2 aromatic rings. The Morgan fingerprint density at radius 1 is 1.19 bits per heavy atom. The van der Waals surface area contributed by atoms with E-state index in [0.717, 1.165) is 5.69 Å². The van der Waals surface area contributed by atoms with Crippen molar-refractivity contribution in [3.8, 4) is 17.2 Å². The molecule has 4 rings (SSSR count). The summed E-state index contributed by atoms with van der Waals surface area (Å²) in [6.07, 6.45) is 2.08. The van der Waals surface area contributed by atoms with Crippen molar-refractivity contribution in [2.75, 3.05) is 26.3 Å². The number of pyridine rings is 1. The first-order chi connectivity index (χ1) is 12.5. The molecule has 2 aliphatic heterocycles. The number of fused-ring (bicyclic) bond motifs is 1. The van der Waals surface area contributed by atoms with Crippen LogP contribution in [0, 0.1) is 6.92 Å². The van der Waals surface area contributed by atoms with Crippen LogP contribution in [-0.2, 0) is 10.0 Å². The molecule has 0 N–H and O–H groups in total. The van der Waals surface area contributed by atoms with Crippen LogP contribution in [0.25, 0.3) is 0 Å². The van der Waals surface area contributed by atoms with E-state index in [9.17, 15) is 8.42 Å². The van der Waals surface area contributed by atoms with Crippen LogP contribution in [0.5, 0.6) is 17.2 Å². The highest BCUT2D eigenvalue weighted by Crippen LogP contribution is 2.38. The SMILES string of the molecule is Cc1ccc(O[C@@H]2CCN(S(=O)(=O)c3cccc4c3OCCO4)C2)cn1. The van der Waals surface area contributed by atoms with Crippen molar-refractivity contribution in [1.82, 2.24) is 9.29 Å². The molecule has 0 aliphatic carbocycles. The highest BCUT2D eigenvalue weighted by Gasteiger charge is 2.36. The maximum Gasteiger partial charge on any atom is 0.247 e. The second-order valence-corrected chi connectivity index (χ2v) is 8.21. The molecule has 138 valence electrons. The molecule has 1 fully saturated rings. The van der Waals surface area contributed by atoms with Gasteiger partial charge in [-0.3, -0.25) is 4.98 Å². The summed E-state index contributed by atoms with van der Waals surface area (Å²) in [5, 5.41) is 0. The van der Waals surface area contributed by atoms with Gasteiger partial charge < -0.3 is 14.2 Å². The largest absolute Gasteiger partial charge is 0.487 e. The first-order valence-electron chi connectivity index (χ1n) is 8.52. The van der Waals surface area contributed by atoms with Crippen LogP contribution in [0.4, 0.5) is 0 Å². The zero-order chi connectivity index (χ0) is 18.1. The van der Waals surface area contributed by atoms with Gasteiger partial charge in [0.2, 0.25) is 10.0 Å². The van der Waals surface area contributed by atoms with Gasteiger partial charge in [0.1, 0.15) is 30.0 Å². The Kier molecular flexibility index (Phi) is 4.46. The Labute approximate surface area is 152 Å². The van der Waals surface area contributed by atoms with Crippen LogP contribution in [0.2, 0.25) is 0 Å². The zero-order valence-corrected chi connectivity index (χ0v) is 15.2. The summed E-state index contributed by atoms with van der Waals surface area (Å²) in [5.41, 5.74) is 0.907. The standard InChI is InChI=1S/C18H20N2O5S/c1-13-5-6-14(11-19-13)25-15-7-8-20(12-15)26(21,22)17-4-2-3-16-18(17)24-10-9-23-16/h2-6,11,15H,7-10,12H2,1H3/t15-/m1/s1. The molecule has 3 heterocycles. The van der Waals surface area contributed by atoms with Crippen molar-refractivity contribution in [2.45, 2.75) is 24.3 Å². The predicted molar refractivity (Wildman–Crippen MR) is 94.2 cm³/mol. The summed E-state index contributed by atoms with van der Waals surface area (Å²) in [5.74, 6) is 1.41. The molecule has 0 unspecified atom stereocenters. The number of hydrogen-bond acceptors (Lipinski definition) is 6. The summed E-state index contributed by atoms with van der Waals surface area (Å²) < 4.78 is 44.5. The Balaban J connectivity index is 1.52. The lowest BCUT2D eigenvalue weighted by Crippen LogP contribution is -2.32. The molecule has 1 atom stereocenters. The number of rotatable bonds is 4. The molecule has 7 nitrogen and oxygen atoms in total. The van der Waals surface area contributed by atoms with Gasteiger partial charge in [-0.15, -0.1) is 0 Å². The van der Waals surface area contributed by atoms with E-state index in [1.807, 2.05) is 19.1 Å². The number of sulfonamides is 1. The van der Waals surface area contributed by atoms with E-state index >= 15 is 0 Å². The third-order valence-electron chi connectivity index (χ3n) is 4.44. The van der Waals surface area contributed by atoms with Crippen LogP contribution in [0.3, 0.4) is 0 Å². The summed E-state index contributed by atoms with van der Waals surface area (Å²) in [7, 11) is -3.68. The highest BCUT2D eigenvalue weighted by molar-refractivity contribution is 7.89. The van der Waals surface area contributed by atoms with Gasteiger partial charge in [-0.1, -0.05) is 6.07 Å². The molecule has 0 radical (unpaired) electrons. The Morgan fingerprint density at radius 2 is 2.04 bits per heavy atom. The summed E-state index contributed by atoms with van der Waals surface area (Å²) in [6.45, 7) is 3.35. The van der Waals surface area contributed by atoms with Crippen molar-refractivity contribution in [3.63, 3.8) is 0 Å². The molecule has 1 saturated heterocycles. The predicted octanol–water partition coefficient (Wildman–Crippen LogP) is 2.00. The van der Waals surface area contributed by atoms with Crippen LogP contribution in [0.1, 0.15) is 12.1 Å². The van der Waals surface area contributed by atoms with E-state index in [1.54, 1.807) is 24.4 Å². The van der Waals surface area contributed by atoms with Crippen molar-refractivity contribution in [2.24, 2.45) is 0 Å². The lowest BCUT2D eigenvalue weighted by Gasteiger charge is -2.23. The van der Waals surface area contributed by atoms with E-state index in [2.05, 4.69) is 4.98 Å². The topological polar surface area (TPSA) is 78.0 Å². The molecule has 0 amide bonds. The van der Waals surface area contributed by atoms with Crippen molar-refractivity contribution >= 4 is 10.0 Å². The lowest BCUT2D eigenvalue weighted by atomic mass is 10.3. The minimum Gasteiger partial charge on any atom is -0.487 e. The van der Waals surface area contributed by atoms with Gasteiger partial charge in [0.15, 0.2) is 11.5 Å². The lowest BCUT2D eigenvalue weighted by molar-refractivity contribution is 0.166. The van der Waals surface area contributed by atoms with Gasteiger partial charge in [0, 0.05) is 12.2 Å². The third-order valence-corrected chi connectivity index (χ3v) is 6.33.